The third kappa shape index (κ3) is 8.25. The van der Waals surface area contributed by atoms with Crippen LogP contribution in [0.5, 0.6) is 0 Å². The largest absolute Gasteiger partial charge is 0.354 e. The molecule has 0 bridgehead atoms. The summed E-state index contributed by atoms with van der Waals surface area (Å²) in [6, 6.07) is 12.3. The van der Waals surface area contributed by atoms with Gasteiger partial charge in [-0.3, -0.25) is 13.9 Å². The third-order valence-corrected chi connectivity index (χ3v) is 7.40. The van der Waals surface area contributed by atoms with E-state index in [1.54, 1.807) is 36.9 Å². The highest BCUT2D eigenvalue weighted by Gasteiger charge is 2.27. The fourth-order valence-electron chi connectivity index (χ4n) is 3.83. The Hall–Kier alpha value is -2.58. The van der Waals surface area contributed by atoms with Gasteiger partial charge < -0.3 is 10.2 Å². The van der Waals surface area contributed by atoms with Gasteiger partial charge in [-0.2, -0.15) is 0 Å². The van der Waals surface area contributed by atoms with E-state index in [4.69, 9.17) is 11.6 Å². The summed E-state index contributed by atoms with van der Waals surface area (Å²) in [4.78, 5) is 27.5. The second-order valence-corrected chi connectivity index (χ2v) is 11.1. The van der Waals surface area contributed by atoms with Gasteiger partial charge in [0.2, 0.25) is 21.8 Å². The first kappa shape index (κ1) is 28.7. The van der Waals surface area contributed by atoms with Crippen LogP contribution in [-0.2, 0) is 26.2 Å². The minimum Gasteiger partial charge on any atom is -0.354 e. The fraction of sp³-hybridized carbons (Fsp3) is 0.462. The summed E-state index contributed by atoms with van der Waals surface area (Å²) in [5, 5.41) is 3.33. The summed E-state index contributed by atoms with van der Waals surface area (Å²) in [5.41, 5.74) is 3.16. The highest BCUT2D eigenvalue weighted by molar-refractivity contribution is 7.92. The van der Waals surface area contributed by atoms with Crippen LogP contribution in [0.4, 0.5) is 5.69 Å². The quantitative estimate of drug-likeness (QED) is 0.447. The summed E-state index contributed by atoms with van der Waals surface area (Å²) >= 11 is 6.20. The van der Waals surface area contributed by atoms with Crippen molar-refractivity contribution in [3.05, 3.63) is 64.2 Å². The molecule has 0 aliphatic rings. The maximum absolute atomic E-state index is 13.3. The molecule has 0 aliphatic heterocycles. The van der Waals surface area contributed by atoms with Gasteiger partial charge in [0.05, 0.1) is 11.9 Å². The van der Waals surface area contributed by atoms with E-state index in [1.807, 2.05) is 38.1 Å². The molecule has 7 nitrogen and oxygen atoms in total. The number of halogens is 1. The zero-order valence-corrected chi connectivity index (χ0v) is 22.7. The summed E-state index contributed by atoms with van der Waals surface area (Å²) in [7, 11) is -3.58. The van der Waals surface area contributed by atoms with Crippen LogP contribution in [0.3, 0.4) is 0 Å². The summed E-state index contributed by atoms with van der Waals surface area (Å²) in [6.45, 7) is 8.39. The first-order valence-corrected chi connectivity index (χ1v) is 14.0. The summed E-state index contributed by atoms with van der Waals surface area (Å²) < 4.78 is 26.3. The van der Waals surface area contributed by atoms with E-state index < -0.39 is 16.1 Å². The van der Waals surface area contributed by atoms with E-state index in [9.17, 15) is 18.0 Å². The van der Waals surface area contributed by atoms with Crippen molar-refractivity contribution in [3.63, 3.8) is 0 Å². The van der Waals surface area contributed by atoms with Crippen molar-refractivity contribution in [1.29, 1.82) is 0 Å². The van der Waals surface area contributed by atoms with Gasteiger partial charge in [0.15, 0.2) is 0 Å². The Bertz CT molecular complexity index is 1140. The Labute approximate surface area is 214 Å². The monoisotopic (exact) mass is 521 g/mol. The SMILES string of the molecule is CCCNC(=O)C(C)N(Cc1cccc(C)c1)C(=O)CCCN(c1cccc(Cl)c1C)S(C)(=O)=O. The van der Waals surface area contributed by atoms with Crippen LogP contribution in [0.1, 0.15) is 49.8 Å². The summed E-state index contributed by atoms with van der Waals surface area (Å²) in [5.74, 6) is -0.415. The number of hydrogen-bond acceptors (Lipinski definition) is 4. The molecule has 192 valence electrons. The molecule has 0 saturated carbocycles. The molecule has 2 aromatic rings. The normalized spacial score (nSPS) is 12.2. The van der Waals surface area contributed by atoms with Crippen LogP contribution in [0, 0.1) is 13.8 Å². The van der Waals surface area contributed by atoms with Gasteiger partial charge in [0.25, 0.3) is 0 Å². The number of anilines is 1. The van der Waals surface area contributed by atoms with Crippen LogP contribution in [-0.4, -0.2) is 50.5 Å². The Morgan fingerprint density at radius 2 is 1.80 bits per heavy atom. The number of aryl methyl sites for hydroxylation is 1. The first-order chi connectivity index (χ1) is 16.5. The van der Waals surface area contributed by atoms with Crippen LogP contribution in [0.2, 0.25) is 5.02 Å². The van der Waals surface area contributed by atoms with Crippen LogP contribution < -0.4 is 9.62 Å². The van der Waals surface area contributed by atoms with Gasteiger partial charge in [-0.05, 0) is 56.9 Å². The third-order valence-electron chi connectivity index (χ3n) is 5.81. The lowest BCUT2D eigenvalue weighted by Gasteiger charge is -2.29. The Kier molecular flexibility index (Phi) is 10.6. The lowest BCUT2D eigenvalue weighted by molar-refractivity contribution is -0.140. The van der Waals surface area contributed by atoms with Gasteiger partial charge in [-0.1, -0.05) is 54.4 Å². The smallest absolute Gasteiger partial charge is 0.242 e. The molecule has 0 heterocycles. The molecule has 1 atom stereocenters. The number of carbonyl (C=O) groups is 2. The van der Waals surface area contributed by atoms with Gasteiger partial charge in [0.1, 0.15) is 6.04 Å². The first-order valence-electron chi connectivity index (χ1n) is 11.8. The average molecular weight is 522 g/mol. The number of rotatable bonds is 12. The van der Waals surface area contributed by atoms with Crippen molar-refractivity contribution in [2.24, 2.45) is 0 Å². The molecule has 0 saturated heterocycles. The molecule has 0 aliphatic carbocycles. The van der Waals surface area contributed by atoms with Crippen LogP contribution in [0.25, 0.3) is 0 Å². The van der Waals surface area contributed by atoms with E-state index in [0.717, 1.165) is 23.8 Å². The lowest BCUT2D eigenvalue weighted by Crippen LogP contribution is -2.47. The minimum atomic E-state index is -3.58. The number of amides is 2. The van der Waals surface area contributed by atoms with Gasteiger partial charge in [-0.25, -0.2) is 8.42 Å². The molecule has 0 fully saturated rings. The molecule has 9 heteroatoms. The zero-order valence-electron chi connectivity index (χ0n) is 21.2. The van der Waals surface area contributed by atoms with Crippen molar-refractivity contribution in [2.75, 3.05) is 23.7 Å². The van der Waals surface area contributed by atoms with Crippen molar-refractivity contribution in [1.82, 2.24) is 10.2 Å². The molecule has 1 N–H and O–H groups in total. The van der Waals surface area contributed by atoms with Gasteiger partial charge in [-0.15, -0.1) is 0 Å². The number of carbonyl (C=O) groups excluding carboxylic acids is 2. The molecule has 2 rings (SSSR count). The average Bonchev–Trinajstić information content (AvgIpc) is 2.79. The molecule has 1 unspecified atom stereocenters. The molecule has 35 heavy (non-hydrogen) atoms. The molecular formula is C26H36ClN3O4S. The van der Waals surface area contributed by atoms with Crippen molar-refractivity contribution < 1.29 is 18.0 Å². The van der Waals surface area contributed by atoms with Crippen molar-refractivity contribution in [3.8, 4) is 0 Å². The second-order valence-electron chi connectivity index (χ2n) is 8.80. The summed E-state index contributed by atoms with van der Waals surface area (Å²) in [6.07, 6.45) is 2.34. The Balaban J connectivity index is 2.19. The number of nitrogens with zero attached hydrogens (tertiary/aromatic N) is 2. The minimum absolute atomic E-state index is 0.100. The van der Waals surface area contributed by atoms with Gasteiger partial charge in [0, 0.05) is 31.1 Å². The zero-order chi connectivity index (χ0) is 26.2. The molecule has 2 aromatic carbocycles. The van der Waals surface area contributed by atoms with E-state index in [-0.39, 0.29) is 24.8 Å². The van der Waals surface area contributed by atoms with E-state index in [1.165, 1.54) is 4.31 Å². The van der Waals surface area contributed by atoms with Crippen LogP contribution >= 0.6 is 11.6 Å². The molecule has 0 aromatic heterocycles. The second kappa shape index (κ2) is 12.9. The predicted octanol–water partition coefficient (Wildman–Crippen LogP) is 4.45. The lowest BCUT2D eigenvalue weighted by atomic mass is 10.1. The Morgan fingerprint density at radius 3 is 2.43 bits per heavy atom. The Morgan fingerprint density at radius 1 is 1.11 bits per heavy atom. The maximum Gasteiger partial charge on any atom is 0.242 e. The number of benzene rings is 2. The van der Waals surface area contributed by atoms with Crippen molar-refractivity contribution in [2.45, 2.75) is 59.5 Å². The fourth-order valence-corrected chi connectivity index (χ4v) is 5.02. The number of nitrogens with one attached hydrogen (secondary N) is 1. The van der Waals surface area contributed by atoms with E-state index >= 15 is 0 Å². The topological polar surface area (TPSA) is 86.8 Å². The van der Waals surface area contributed by atoms with Crippen molar-refractivity contribution >= 4 is 39.1 Å². The standard InChI is InChI=1S/C26H36ClN3O4S/c1-6-15-28-26(32)21(4)29(18-22-11-7-10-19(2)17-22)25(31)14-9-16-30(35(5,33)34)24-13-8-12-23(27)20(24)3/h7-8,10-13,17,21H,6,9,14-16,18H2,1-5H3,(H,28,32). The predicted molar refractivity (Wildman–Crippen MR) is 142 cm³/mol. The molecule has 0 radical (unpaired) electrons. The number of sulfonamides is 1. The molecule has 2 amide bonds. The van der Waals surface area contributed by atoms with E-state index in [0.29, 0.717) is 35.8 Å². The molecular weight excluding hydrogens is 486 g/mol. The number of hydrogen-bond donors (Lipinski definition) is 1. The highest BCUT2D eigenvalue weighted by atomic mass is 35.5. The van der Waals surface area contributed by atoms with E-state index in [2.05, 4.69) is 5.32 Å². The highest BCUT2D eigenvalue weighted by Crippen LogP contribution is 2.28. The molecule has 0 spiro atoms. The van der Waals surface area contributed by atoms with Crippen LogP contribution in [0.15, 0.2) is 42.5 Å². The van der Waals surface area contributed by atoms with Gasteiger partial charge >= 0.3 is 0 Å². The maximum atomic E-state index is 13.3.